The van der Waals surface area contributed by atoms with Gasteiger partial charge in [-0.15, -0.1) is 0 Å². The summed E-state index contributed by atoms with van der Waals surface area (Å²) in [6.45, 7) is 0.528. The summed E-state index contributed by atoms with van der Waals surface area (Å²) in [6, 6.07) is 9.37. The Balaban J connectivity index is 1.95. The highest BCUT2D eigenvalue weighted by molar-refractivity contribution is 9.10. The Hall–Kier alpha value is -1.70. The van der Waals surface area contributed by atoms with Crippen LogP contribution < -0.4 is 5.43 Å². The van der Waals surface area contributed by atoms with Crippen LogP contribution in [0.25, 0.3) is 0 Å². The smallest absolute Gasteiger partial charge is 0.105 e. The van der Waals surface area contributed by atoms with E-state index in [9.17, 15) is 0 Å². The number of rotatable bonds is 5. The molecule has 0 spiro atoms. The molecule has 2 aromatic heterocycles. The Morgan fingerprint density at radius 2 is 2.00 bits per heavy atom. The molecule has 24 heavy (non-hydrogen) atoms. The number of hydrogen-bond acceptors (Lipinski definition) is 4. The molecule has 8 heteroatoms. The molecule has 0 radical (unpaired) electrons. The third-order valence-electron chi connectivity index (χ3n) is 3.25. The van der Waals surface area contributed by atoms with Crippen molar-refractivity contribution in [2.24, 2.45) is 5.10 Å². The minimum absolute atomic E-state index is 0.528. The number of anilines is 1. The average Bonchev–Trinajstić information content (AvgIpc) is 2.98. The number of nitrogens with zero attached hydrogens (tertiary/aromatic N) is 4. The third kappa shape index (κ3) is 4.03. The Labute approximate surface area is 161 Å². The summed E-state index contributed by atoms with van der Waals surface area (Å²) in [5.74, 6) is 0. The van der Waals surface area contributed by atoms with Crippen LogP contribution >= 0.6 is 43.5 Å². The molecule has 0 aliphatic heterocycles. The average molecular weight is 470 g/mol. The van der Waals surface area contributed by atoms with Gasteiger partial charge in [-0.25, -0.2) is 4.98 Å². The Morgan fingerprint density at radius 3 is 2.71 bits per heavy atom. The van der Waals surface area contributed by atoms with E-state index in [1.54, 1.807) is 24.9 Å². The van der Waals surface area contributed by atoms with Crippen LogP contribution in [-0.2, 0) is 6.54 Å². The molecule has 5 nitrogen and oxygen atoms in total. The lowest BCUT2D eigenvalue weighted by molar-refractivity contribution is 0.828. The molecule has 0 bridgehead atoms. The van der Waals surface area contributed by atoms with Gasteiger partial charge in [-0.1, -0.05) is 23.7 Å². The van der Waals surface area contributed by atoms with Crippen LogP contribution in [-0.4, -0.2) is 20.2 Å². The van der Waals surface area contributed by atoms with Crippen LogP contribution in [0.3, 0.4) is 0 Å². The van der Waals surface area contributed by atoms with Crippen LogP contribution in [0.1, 0.15) is 5.56 Å². The molecular weight excluding hydrogens is 457 g/mol. The fourth-order valence-corrected chi connectivity index (χ4v) is 3.04. The summed E-state index contributed by atoms with van der Waals surface area (Å²) in [4.78, 5) is 8.22. The molecule has 0 aliphatic carbocycles. The van der Waals surface area contributed by atoms with Crippen LogP contribution in [0, 0.1) is 0 Å². The summed E-state index contributed by atoms with van der Waals surface area (Å²) in [5.41, 5.74) is 5.52. The number of hydrogen-bond donors (Lipinski definition) is 1. The standard InChI is InChI=1S/C16H12Br2ClN5/c17-12-7-20-6-5-11(12)15(9-24-10-21-8-16(24)18)23-22-14-4-2-1-3-13(14)19/h1-8,10,22H,9H2/b23-15-. The van der Waals surface area contributed by atoms with Gasteiger partial charge in [0, 0.05) is 22.4 Å². The van der Waals surface area contributed by atoms with Crippen LogP contribution in [0.5, 0.6) is 0 Å². The highest BCUT2D eigenvalue weighted by atomic mass is 79.9. The van der Waals surface area contributed by atoms with Crippen LogP contribution in [0.4, 0.5) is 5.69 Å². The van der Waals surface area contributed by atoms with Crippen molar-refractivity contribution in [3.05, 3.63) is 74.9 Å². The predicted octanol–water partition coefficient (Wildman–Crippen LogP) is 4.97. The Morgan fingerprint density at radius 1 is 1.17 bits per heavy atom. The quantitative estimate of drug-likeness (QED) is 0.424. The fourth-order valence-electron chi connectivity index (χ4n) is 2.05. The van der Waals surface area contributed by atoms with Crippen molar-refractivity contribution in [3.63, 3.8) is 0 Å². The van der Waals surface area contributed by atoms with Gasteiger partial charge in [0.05, 0.1) is 35.5 Å². The number of imidazole rings is 1. The zero-order valence-corrected chi connectivity index (χ0v) is 16.3. The highest BCUT2D eigenvalue weighted by Gasteiger charge is 2.11. The zero-order chi connectivity index (χ0) is 16.9. The van der Waals surface area contributed by atoms with Gasteiger partial charge in [0.1, 0.15) is 4.60 Å². The number of nitrogens with one attached hydrogen (secondary N) is 1. The molecular formula is C16H12Br2ClN5. The van der Waals surface area contributed by atoms with Gasteiger partial charge in [0.25, 0.3) is 0 Å². The molecule has 122 valence electrons. The van der Waals surface area contributed by atoms with Crippen molar-refractivity contribution in [2.75, 3.05) is 5.43 Å². The SMILES string of the molecule is Clc1ccccc1N/N=C(/Cn1cncc1Br)c1ccncc1Br. The largest absolute Gasteiger partial charge is 0.319 e. The zero-order valence-electron chi connectivity index (χ0n) is 12.3. The van der Waals surface area contributed by atoms with E-state index in [2.05, 4.69) is 52.4 Å². The van der Waals surface area contributed by atoms with Crippen molar-refractivity contribution >= 4 is 54.9 Å². The fraction of sp³-hybridized carbons (Fsp3) is 0.0625. The van der Waals surface area contributed by atoms with Gasteiger partial charge in [-0.05, 0) is 50.1 Å². The number of hydrazone groups is 1. The van der Waals surface area contributed by atoms with E-state index in [0.29, 0.717) is 11.6 Å². The first-order valence-electron chi connectivity index (χ1n) is 6.98. The first-order chi connectivity index (χ1) is 11.6. The van der Waals surface area contributed by atoms with Crippen molar-refractivity contribution in [1.82, 2.24) is 14.5 Å². The molecule has 1 aromatic carbocycles. The number of aromatic nitrogens is 3. The van der Waals surface area contributed by atoms with Crippen LogP contribution in [0.2, 0.25) is 5.02 Å². The van der Waals surface area contributed by atoms with Gasteiger partial charge in [-0.3, -0.25) is 10.4 Å². The topological polar surface area (TPSA) is 55.1 Å². The summed E-state index contributed by atoms with van der Waals surface area (Å²) >= 11 is 13.2. The highest BCUT2D eigenvalue weighted by Crippen LogP contribution is 2.22. The molecule has 0 atom stereocenters. The number of para-hydroxylation sites is 1. The minimum Gasteiger partial charge on any atom is -0.319 e. The summed E-state index contributed by atoms with van der Waals surface area (Å²) in [7, 11) is 0. The van der Waals surface area contributed by atoms with Gasteiger partial charge in [0.15, 0.2) is 0 Å². The lowest BCUT2D eigenvalue weighted by Gasteiger charge is -2.11. The minimum atomic E-state index is 0.528. The van der Waals surface area contributed by atoms with E-state index >= 15 is 0 Å². The normalized spacial score (nSPS) is 11.5. The summed E-state index contributed by atoms with van der Waals surface area (Å²) < 4.78 is 3.68. The molecule has 0 unspecified atom stereocenters. The van der Waals surface area contributed by atoms with Crippen molar-refractivity contribution in [2.45, 2.75) is 6.54 Å². The van der Waals surface area contributed by atoms with Gasteiger partial charge < -0.3 is 4.57 Å². The van der Waals surface area contributed by atoms with E-state index < -0.39 is 0 Å². The molecule has 0 amide bonds. The third-order valence-corrected chi connectivity index (χ3v) is 4.87. The van der Waals surface area contributed by atoms with Gasteiger partial charge in [-0.2, -0.15) is 5.10 Å². The Bertz CT molecular complexity index is 878. The lowest BCUT2D eigenvalue weighted by Crippen LogP contribution is -2.14. The van der Waals surface area contributed by atoms with E-state index in [1.807, 2.05) is 34.9 Å². The van der Waals surface area contributed by atoms with Crippen molar-refractivity contribution < 1.29 is 0 Å². The van der Waals surface area contributed by atoms with Crippen molar-refractivity contribution in [1.29, 1.82) is 0 Å². The Kier molecular flexibility index (Phi) is 5.65. The molecule has 3 rings (SSSR count). The van der Waals surface area contributed by atoms with Crippen molar-refractivity contribution in [3.8, 4) is 0 Å². The van der Waals surface area contributed by atoms with Crippen LogP contribution in [0.15, 0.2) is 69.4 Å². The van der Waals surface area contributed by atoms with Gasteiger partial charge >= 0.3 is 0 Å². The molecule has 0 saturated heterocycles. The maximum atomic E-state index is 6.18. The second-order valence-electron chi connectivity index (χ2n) is 4.85. The lowest BCUT2D eigenvalue weighted by atomic mass is 10.1. The molecule has 0 aliphatic rings. The molecule has 2 heterocycles. The maximum absolute atomic E-state index is 6.18. The molecule has 0 fully saturated rings. The van der Waals surface area contributed by atoms with Gasteiger partial charge in [0.2, 0.25) is 0 Å². The molecule has 1 N–H and O–H groups in total. The summed E-state index contributed by atoms with van der Waals surface area (Å²) in [6.07, 6.45) is 6.95. The van der Waals surface area contributed by atoms with E-state index in [4.69, 9.17) is 11.6 Å². The van der Waals surface area contributed by atoms with E-state index in [1.165, 1.54) is 0 Å². The second kappa shape index (κ2) is 7.92. The molecule has 0 saturated carbocycles. The van der Waals surface area contributed by atoms with E-state index in [-0.39, 0.29) is 0 Å². The molecule has 3 aromatic rings. The second-order valence-corrected chi connectivity index (χ2v) is 6.92. The predicted molar refractivity (Wildman–Crippen MR) is 103 cm³/mol. The number of halogens is 3. The first-order valence-corrected chi connectivity index (χ1v) is 8.94. The first kappa shape index (κ1) is 17.1. The van der Waals surface area contributed by atoms with E-state index in [0.717, 1.165) is 26.0 Å². The maximum Gasteiger partial charge on any atom is 0.105 e. The summed E-state index contributed by atoms with van der Waals surface area (Å²) in [5, 5.41) is 5.17. The number of pyridine rings is 1. The monoisotopic (exact) mass is 467 g/mol. The number of benzene rings is 1.